The predicted octanol–water partition coefficient (Wildman–Crippen LogP) is 0.479. The maximum Gasteiger partial charge on any atom is 0.251 e. The summed E-state index contributed by atoms with van der Waals surface area (Å²) in [6.45, 7) is 11.4. The van der Waals surface area contributed by atoms with Crippen LogP contribution in [0.4, 0.5) is 5.69 Å². The number of hydrogen-bond acceptors (Lipinski definition) is 7. The molecule has 0 radical (unpaired) electrons. The smallest absolute Gasteiger partial charge is 0.251 e. The van der Waals surface area contributed by atoms with Crippen molar-refractivity contribution in [1.82, 2.24) is 15.1 Å². The Morgan fingerprint density at radius 1 is 1.15 bits per heavy atom. The van der Waals surface area contributed by atoms with Crippen LogP contribution in [0.25, 0.3) is 0 Å². The van der Waals surface area contributed by atoms with Crippen LogP contribution in [0.5, 0.6) is 0 Å². The molecule has 1 aromatic rings. The third-order valence-corrected chi connectivity index (χ3v) is 7.59. The van der Waals surface area contributed by atoms with Crippen molar-refractivity contribution in [1.29, 1.82) is 0 Å². The highest BCUT2D eigenvalue weighted by atomic mass is 16.5. The van der Waals surface area contributed by atoms with Gasteiger partial charge in [0.2, 0.25) is 5.91 Å². The van der Waals surface area contributed by atoms with Crippen LogP contribution in [0.15, 0.2) is 24.3 Å². The van der Waals surface area contributed by atoms with E-state index < -0.39 is 24.2 Å². The van der Waals surface area contributed by atoms with Crippen molar-refractivity contribution in [2.75, 3.05) is 50.8 Å². The van der Waals surface area contributed by atoms with Gasteiger partial charge in [0.15, 0.2) is 5.78 Å². The van der Waals surface area contributed by atoms with E-state index >= 15 is 0 Å². The standard InChI is InChI=1S/C25H37N5O4/c1-4-16(3)21(25(33)30-14-19(26)23-22(30)20(31)15-34-23)27-24(32)17-6-8-18(9-7-17)29-12-10-28(5-2)11-13-29/h6-9,16,19,21-23H,4-5,10-15,26H2,1-3H3,(H,27,32)/t16-,19+,21-,22+,23+/m0/s1. The highest BCUT2D eigenvalue weighted by molar-refractivity contribution is 5.99. The van der Waals surface area contributed by atoms with Crippen LogP contribution in [-0.4, -0.2) is 97.5 Å². The fourth-order valence-corrected chi connectivity index (χ4v) is 5.15. The Bertz CT molecular complexity index is 899. The molecule has 4 rings (SSSR count). The molecule has 3 saturated heterocycles. The molecule has 9 heteroatoms. The van der Waals surface area contributed by atoms with Crippen LogP contribution in [-0.2, 0) is 14.3 Å². The molecule has 0 aromatic heterocycles. The lowest BCUT2D eigenvalue weighted by atomic mass is 9.96. The largest absolute Gasteiger partial charge is 0.369 e. The molecule has 0 saturated carbocycles. The molecule has 0 spiro atoms. The zero-order valence-corrected chi connectivity index (χ0v) is 20.4. The summed E-state index contributed by atoms with van der Waals surface area (Å²) >= 11 is 0. The highest BCUT2D eigenvalue weighted by Crippen LogP contribution is 2.28. The third kappa shape index (κ3) is 4.82. The molecular weight excluding hydrogens is 434 g/mol. The fraction of sp³-hybridized carbons (Fsp3) is 0.640. The highest BCUT2D eigenvalue weighted by Gasteiger charge is 2.52. The summed E-state index contributed by atoms with van der Waals surface area (Å²) in [5.41, 5.74) is 7.74. The first-order chi connectivity index (χ1) is 16.3. The summed E-state index contributed by atoms with van der Waals surface area (Å²) in [5, 5.41) is 2.94. The number of benzene rings is 1. The SMILES string of the molecule is CC[C@H](C)[C@H](NC(=O)c1ccc(N2CCN(CC)CC2)cc1)C(=O)N1C[C@@H](N)[C@H]2OCC(=O)[C@H]21. The molecular formula is C25H37N5O4. The molecule has 5 atom stereocenters. The lowest BCUT2D eigenvalue weighted by Gasteiger charge is -2.35. The van der Waals surface area contributed by atoms with Crippen molar-refractivity contribution in [2.24, 2.45) is 11.7 Å². The number of amides is 2. The van der Waals surface area contributed by atoms with Gasteiger partial charge in [-0.3, -0.25) is 14.4 Å². The van der Waals surface area contributed by atoms with Crippen molar-refractivity contribution in [3.05, 3.63) is 29.8 Å². The number of nitrogens with two attached hydrogens (primary N) is 1. The Morgan fingerprint density at radius 2 is 1.82 bits per heavy atom. The summed E-state index contributed by atoms with van der Waals surface area (Å²) in [6, 6.07) is 5.76. The lowest BCUT2D eigenvalue weighted by Crippen LogP contribution is -2.54. The molecule has 3 heterocycles. The first-order valence-corrected chi connectivity index (χ1v) is 12.4. The molecule has 1 aromatic carbocycles. The minimum Gasteiger partial charge on any atom is -0.369 e. The average molecular weight is 472 g/mol. The van der Waals surface area contributed by atoms with E-state index in [4.69, 9.17) is 10.5 Å². The summed E-state index contributed by atoms with van der Waals surface area (Å²) in [4.78, 5) is 45.2. The number of hydrogen-bond donors (Lipinski definition) is 2. The lowest BCUT2D eigenvalue weighted by molar-refractivity contribution is -0.139. The molecule has 0 unspecified atom stereocenters. The van der Waals surface area contributed by atoms with Gasteiger partial charge in [0, 0.05) is 44.0 Å². The summed E-state index contributed by atoms with van der Waals surface area (Å²) in [7, 11) is 0. The molecule has 9 nitrogen and oxygen atoms in total. The number of ketones is 1. The van der Waals surface area contributed by atoms with Gasteiger partial charge >= 0.3 is 0 Å². The number of piperazine rings is 1. The topological polar surface area (TPSA) is 108 Å². The number of anilines is 1. The van der Waals surface area contributed by atoms with E-state index in [1.807, 2.05) is 38.1 Å². The van der Waals surface area contributed by atoms with E-state index in [9.17, 15) is 14.4 Å². The minimum atomic E-state index is -0.737. The third-order valence-electron chi connectivity index (χ3n) is 7.59. The van der Waals surface area contributed by atoms with Gasteiger partial charge in [-0.2, -0.15) is 0 Å². The van der Waals surface area contributed by atoms with Crippen LogP contribution in [0.1, 0.15) is 37.6 Å². The summed E-state index contributed by atoms with van der Waals surface area (Å²) in [5.74, 6) is -0.792. The Hall–Kier alpha value is -2.49. The second-order valence-electron chi connectivity index (χ2n) is 9.65. The molecule has 3 fully saturated rings. The fourth-order valence-electron chi connectivity index (χ4n) is 5.15. The maximum atomic E-state index is 13.5. The molecule has 3 aliphatic heterocycles. The van der Waals surface area contributed by atoms with E-state index in [2.05, 4.69) is 22.0 Å². The maximum absolute atomic E-state index is 13.5. The monoisotopic (exact) mass is 471 g/mol. The van der Waals surface area contributed by atoms with Gasteiger partial charge in [0.05, 0.1) is 6.04 Å². The van der Waals surface area contributed by atoms with E-state index in [0.717, 1.165) is 38.4 Å². The van der Waals surface area contributed by atoms with Gasteiger partial charge in [-0.15, -0.1) is 0 Å². The van der Waals surface area contributed by atoms with Gasteiger partial charge in [-0.05, 0) is 36.7 Å². The van der Waals surface area contributed by atoms with E-state index in [-0.39, 0.29) is 36.7 Å². The summed E-state index contributed by atoms with van der Waals surface area (Å²) in [6.07, 6.45) is 0.245. The van der Waals surface area contributed by atoms with Crippen molar-refractivity contribution in [3.63, 3.8) is 0 Å². The zero-order chi connectivity index (χ0) is 24.4. The molecule has 3 aliphatic rings. The van der Waals surface area contributed by atoms with Gasteiger partial charge in [0.1, 0.15) is 24.8 Å². The van der Waals surface area contributed by atoms with Gasteiger partial charge in [-0.25, -0.2) is 0 Å². The Labute approximate surface area is 201 Å². The number of Topliss-reactive ketones (excluding diaryl/α,β-unsaturated/α-hetero) is 1. The first-order valence-electron chi connectivity index (χ1n) is 12.4. The first kappa shape index (κ1) is 24.6. The normalized spacial score (nSPS) is 26.9. The molecule has 2 amide bonds. The number of likely N-dealkylation sites (tertiary alicyclic amines) is 1. The van der Waals surface area contributed by atoms with E-state index in [1.54, 1.807) is 0 Å². The number of ether oxygens (including phenoxy) is 1. The summed E-state index contributed by atoms with van der Waals surface area (Å²) < 4.78 is 5.51. The quantitative estimate of drug-likeness (QED) is 0.595. The number of nitrogens with zero attached hydrogens (tertiary/aromatic N) is 3. The van der Waals surface area contributed by atoms with Crippen molar-refractivity contribution >= 4 is 23.3 Å². The number of carbonyl (C=O) groups is 3. The number of rotatable bonds is 7. The number of fused-ring (bicyclic) bond motifs is 1. The zero-order valence-electron chi connectivity index (χ0n) is 20.4. The van der Waals surface area contributed by atoms with E-state index in [0.29, 0.717) is 12.0 Å². The van der Waals surface area contributed by atoms with Gasteiger partial charge < -0.3 is 30.5 Å². The van der Waals surface area contributed by atoms with Crippen LogP contribution in [0.2, 0.25) is 0 Å². The van der Waals surface area contributed by atoms with Crippen molar-refractivity contribution < 1.29 is 19.1 Å². The Kier molecular flexibility index (Phi) is 7.54. The molecule has 0 bridgehead atoms. The number of nitrogens with one attached hydrogen (secondary N) is 1. The van der Waals surface area contributed by atoms with Gasteiger partial charge in [-0.1, -0.05) is 27.2 Å². The van der Waals surface area contributed by atoms with Crippen molar-refractivity contribution in [3.8, 4) is 0 Å². The van der Waals surface area contributed by atoms with Crippen LogP contribution < -0.4 is 16.0 Å². The second kappa shape index (κ2) is 10.4. The minimum absolute atomic E-state index is 0.0208. The molecule has 0 aliphatic carbocycles. The number of carbonyl (C=O) groups excluding carboxylic acids is 3. The Balaban J connectivity index is 1.44. The van der Waals surface area contributed by atoms with Crippen LogP contribution >= 0.6 is 0 Å². The number of likely N-dealkylation sites (N-methyl/N-ethyl adjacent to an activating group) is 1. The van der Waals surface area contributed by atoms with Gasteiger partial charge in [0.25, 0.3) is 5.91 Å². The Morgan fingerprint density at radius 3 is 2.44 bits per heavy atom. The van der Waals surface area contributed by atoms with Crippen LogP contribution in [0, 0.1) is 5.92 Å². The average Bonchev–Trinajstić information content (AvgIpc) is 3.41. The van der Waals surface area contributed by atoms with E-state index in [1.165, 1.54) is 4.90 Å². The predicted molar refractivity (Wildman–Crippen MR) is 130 cm³/mol. The van der Waals surface area contributed by atoms with Crippen LogP contribution in [0.3, 0.4) is 0 Å². The second-order valence-corrected chi connectivity index (χ2v) is 9.65. The molecule has 3 N–H and O–H groups in total. The van der Waals surface area contributed by atoms with Crippen molar-refractivity contribution in [2.45, 2.75) is 51.4 Å². The molecule has 186 valence electrons. The molecule has 34 heavy (non-hydrogen) atoms.